The number of unbranched alkanes of at least 4 members (excludes halogenated alkanes) is 3. The van der Waals surface area contributed by atoms with E-state index in [0.29, 0.717) is 22.7 Å². The van der Waals surface area contributed by atoms with Crippen LogP contribution in [0.15, 0.2) is 46.2 Å². The van der Waals surface area contributed by atoms with E-state index in [-0.39, 0.29) is 28.0 Å². The zero-order valence-corrected chi connectivity index (χ0v) is 32.1. The van der Waals surface area contributed by atoms with Gasteiger partial charge in [-0.25, -0.2) is 0 Å². The van der Waals surface area contributed by atoms with Crippen LogP contribution in [0.3, 0.4) is 0 Å². The smallest absolute Gasteiger partial charge is 0.872 e. The Balaban J connectivity index is 0.00000298. The third-order valence-electron chi connectivity index (χ3n) is 9.14. The molecule has 2 aromatic rings. The number of hydrogen-bond acceptors (Lipinski definition) is 4. The number of benzene rings is 2. The van der Waals surface area contributed by atoms with E-state index in [1.807, 2.05) is 12.1 Å². The Morgan fingerprint density at radius 1 is 0.600 bits per heavy atom. The van der Waals surface area contributed by atoms with Crippen LogP contribution >= 0.6 is 11.8 Å². The normalized spacial score (nSPS) is 13.0. The van der Waals surface area contributed by atoms with Gasteiger partial charge < -0.3 is 15.9 Å². The first-order valence-corrected chi connectivity index (χ1v) is 18.6. The molecule has 0 radical (unpaired) electrons. The van der Waals surface area contributed by atoms with Crippen molar-refractivity contribution in [3.05, 3.63) is 47.5 Å². The summed E-state index contributed by atoms with van der Waals surface area (Å²) in [6, 6.07) is 11.3. The maximum Gasteiger partial charge on any atom is 2.00 e. The van der Waals surface area contributed by atoms with Crippen molar-refractivity contribution >= 4 is 11.8 Å². The molecule has 2 rings (SSSR count). The summed E-state index contributed by atoms with van der Waals surface area (Å²) in [5.74, 6) is 1.45. The van der Waals surface area contributed by atoms with Crippen LogP contribution in [-0.2, 0) is 29.3 Å². The Morgan fingerprint density at radius 2 is 0.956 bits per heavy atom. The van der Waals surface area contributed by atoms with Gasteiger partial charge in [0.2, 0.25) is 0 Å². The van der Waals surface area contributed by atoms with Crippen LogP contribution in [0, 0.1) is 22.7 Å². The number of rotatable bonds is 18. The molecule has 2 aromatic carbocycles. The average Bonchev–Trinajstić information content (AvgIpc) is 2.94. The van der Waals surface area contributed by atoms with Crippen LogP contribution in [0.4, 0.5) is 0 Å². The summed E-state index contributed by atoms with van der Waals surface area (Å²) < 4.78 is 0. The van der Waals surface area contributed by atoms with Crippen molar-refractivity contribution in [1.29, 1.82) is 0 Å². The summed E-state index contributed by atoms with van der Waals surface area (Å²) in [4.78, 5) is 1.50. The van der Waals surface area contributed by atoms with Gasteiger partial charge in [0.05, 0.1) is 0 Å². The maximum atomic E-state index is 13.1. The molecular weight excluding hydrogens is 617 g/mol. The second-order valence-electron chi connectivity index (χ2n) is 14.9. The van der Waals surface area contributed by atoms with Gasteiger partial charge in [-0.1, -0.05) is 154 Å². The van der Waals surface area contributed by atoms with Crippen LogP contribution in [0.1, 0.15) is 150 Å². The molecule has 0 aromatic heterocycles. The maximum absolute atomic E-state index is 13.1. The number of aryl methyl sites for hydroxylation is 2. The fraction of sp³-hybridized carbons (Fsp3) is 0.700. The van der Waals surface area contributed by atoms with E-state index in [0.717, 1.165) is 53.1 Å². The molecule has 0 amide bonds. The summed E-state index contributed by atoms with van der Waals surface area (Å²) in [6.45, 7) is 21.6. The predicted octanol–water partition coefficient (Wildman–Crippen LogP) is 11.1. The second-order valence-corrected chi connectivity index (χ2v) is 15.9. The molecule has 0 aliphatic carbocycles. The van der Waals surface area contributed by atoms with Crippen molar-refractivity contribution in [3.63, 3.8) is 0 Å². The topological polar surface area (TPSA) is 72.1 Å². The van der Waals surface area contributed by atoms with Crippen molar-refractivity contribution in [2.45, 2.75) is 162 Å². The Hall–Kier alpha value is -1.16. The molecule has 260 valence electrons. The summed E-state index contributed by atoms with van der Waals surface area (Å²) in [5.41, 5.74) is 7.92. The van der Waals surface area contributed by atoms with Crippen LogP contribution in [0.25, 0.3) is 0 Å². The van der Waals surface area contributed by atoms with E-state index in [4.69, 9.17) is 5.73 Å². The van der Waals surface area contributed by atoms with Crippen molar-refractivity contribution < 1.29 is 26.7 Å². The molecule has 0 saturated carbocycles. The second kappa shape index (κ2) is 23.2. The zero-order chi connectivity index (χ0) is 33.2. The molecule has 0 spiro atoms. The van der Waals surface area contributed by atoms with Crippen LogP contribution < -0.4 is 15.9 Å². The molecule has 0 saturated heterocycles. The first-order valence-electron chi connectivity index (χ1n) is 17.8. The molecule has 0 heterocycles. The van der Waals surface area contributed by atoms with Crippen molar-refractivity contribution in [3.8, 4) is 11.5 Å². The summed E-state index contributed by atoms with van der Waals surface area (Å²) >= 11 is 1.43. The summed E-state index contributed by atoms with van der Waals surface area (Å²) in [5, 5.41) is 26.1. The average molecular weight is 685 g/mol. The van der Waals surface area contributed by atoms with Gasteiger partial charge in [-0.15, -0.1) is 0 Å². The minimum Gasteiger partial charge on any atom is -0.872 e. The molecule has 0 bridgehead atoms. The van der Waals surface area contributed by atoms with Crippen LogP contribution in [0.2, 0.25) is 0 Å². The Bertz CT molecular complexity index is 962. The molecule has 0 aliphatic heterocycles. The van der Waals surface area contributed by atoms with E-state index in [1.54, 1.807) is 12.1 Å². The minimum atomic E-state index is 0. The molecule has 0 fully saturated rings. The van der Waals surface area contributed by atoms with Gasteiger partial charge in [0.15, 0.2) is 0 Å². The SMILES string of the molecule is CCCCC(CCCc1cccc([O-])c1Sc1c([O-])cccc1CCCC(CCCC)C(C)(C)C)C(C)(C)C.CCCCN.[Ni+2]. The Kier molecular flexibility index (Phi) is 22.6. The van der Waals surface area contributed by atoms with E-state index in [2.05, 4.69) is 74.4 Å². The third kappa shape index (κ3) is 17.0. The quantitative estimate of drug-likeness (QED) is 0.159. The monoisotopic (exact) mass is 683 g/mol. The molecule has 0 aliphatic rings. The first-order chi connectivity index (χ1) is 20.8. The molecule has 2 unspecified atom stereocenters. The Morgan fingerprint density at radius 3 is 1.24 bits per heavy atom. The fourth-order valence-corrected chi connectivity index (χ4v) is 7.20. The standard InChI is InChI=1S/C36H58O2S.C4H11N.Ni/c1-9-11-21-29(35(3,4)5)23-13-17-27-19-15-25-31(37)33(27)39-34-28(20-16-26-32(34)38)18-14-24-30(22-12-10-2)36(6,7)8;1-2-3-4-5;/h15-16,19-20,25-26,29-30,37-38H,9-14,17-18,21-24H2,1-8H3;2-5H2,1H3;/q;;+2/p-2. The van der Waals surface area contributed by atoms with Gasteiger partial charge in [0.25, 0.3) is 0 Å². The van der Waals surface area contributed by atoms with Crippen LogP contribution in [-0.4, -0.2) is 6.54 Å². The van der Waals surface area contributed by atoms with Crippen molar-refractivity contribution in [2.24, 2.45) is 28.4 Å². The predicted molar refractivity (Wildman–Crippen MR) is 191 cm³/mol. The van der Waals surface area contributed by atoms with Gasteiger partial charge in [-0.05, 0) is 98.1 Å². The van der Waals surface area contributed by atoms with E-state index >= 15 is 0 Å². The van der Waals surface area contributed by atoms with Gasteiger partial charge >= 0.3 is 16.5 Å². The molecule has 2 atom stereocenters. The largest absolute Gasteiger partial charge is 2.00 e. The van der Waals surface area contributed by atoms with Crippen molar-refractivity contribution in [1.82, 2.24) is 0 Å². The first kappa shape index (κ1) is 43.8. The van der Waals surface area contributed by atoms with Crippen LogP contribution in [0.5, 0.6) is 11.5 Å². The summed E-state index contributed by atoms with van der Waals surface area (Å²) in [6.07, 6.45) is 16.2. The molecule has 2 N–H and O–H groups in total. The minimum absolute atomic E-state index is 0. The van der Waals surface area contributed by atoms with Gasteiger partial charge in [0, 0.05) is 9.79 Å². The summed E-state index contributed by atoms with van der Waals surface area (Å²) in [7, 11) is 0. The fourth-order valence-electron chi connectivity index (χ4n) is 6.05. The Labute approximate surface area is 293 Å². The van der Waals surface area contributed by atoms with E-state index in [9.17, 15) is 10.2 Å². The molecular formula is C40H67NNiO2S. The van der Waals surface area contributed by atoms with Gasteiger partial charge in [0.1, 0.15) is 0 Å². The van der Waals surface area contributed by atoms with Crippen molar-refractivity contribution in [2.75, 3.05) is 6.54 Å². The molecule has 5 heteroatoms. The number of hydrogen-bond donors (Lipinski definition) is 1. The van der Waals surface area contributed by atoms with E-state index in [1.165, 1.54) is 76.0 Å². The third-order valence-corrected chi connectivity index (χ3v) is 10.5. The number of nitrogens with two attached hydrogens (primary N) is 1. The zero-order valence-electron chi connectivity index (χ0n) is 30.3. The molecule has 3 nitrogen and oxygen atoms in total. The molecule has 45 heavy (non-hydrogen) atoms. The van der Waals surface area contributed by atoms with E-state index < -0.39 is 0 Å². The van der Waals surface area contributed by atoms with Gasteiger partial charge in [-0.2, -0.15) is 0 Å². The van der Waals surface area contributed by atoms with Gasteiger partial charge in [-0.3, -0.25) is 0 Å².